The predicted molar refractivity (Wildman–Crippen MR) is 63.4 cm³/mol. The molecule has 15 heavy (non-hydrogen) atoms. The third-order valence-electron chi connectivity index (χ3n) is 2.68. The van der Waals surface area contributed by atoms with E-state index in [4.69, 9.17) is 5.73 Å². The molecule has 1 atom stereocenters. The summed E-state index contributed by atoms with van der Waals surface area (Å²) in [5.74, 6) is 0.108. The molecule has 0 aliphatic carbocycles. The van der Waals surface area contributed by atoms with Crippen molar-refractivity contribution in [3.63, 3.8) is 0 Å². The molecule has 3 N–H and O–H groups in total. The number of anilines is 1. The number of nitrogen functional groups attached to an aromatic ring is 1. The predicted octanol–water partition coefficient (Wildman–Crippen LogP) is 2.29. The zero-order valence-corrected chi connectivity index (χ0v) is 10.1. The minimum Gasteiger partial charge on any atom is -0.398 e. The van der Waals surface area contributed by atoms with Gasteiger partial charge in [-0.05, 0) is 46.5 Å². The number of nitrogens with two attached hydrogens (primary N) is 1. The summed E-state index contributed by atoms with van der Waals surface area (Å²) in [5, 5.41) is 2.93. The van der Waals surface area contributed by atoms with Gasteiger partial charge in [-0.25, -0.2) is 0 Å². The highest BCUT2D eigenvalue weighted by atomic mass is 79.9. The van der Waals surface area contributed by atoms with Crippen LogP contribution in [0, 0.1) is 6.92 Å². The van der Waals surface area contributed by atoms with Gasteiger partial charge in [0.15, 0.2) is 0 Å². The Bertz CT molecular complexity index is 417. The van der Waals surface area contributed by atoms with E-state index in [2.05, 4.69) is 21.2 Å². The Labute approximate surface area is 97.2 Å². The first-order valence-electron chi connectivity index (χ1n) is 4.93. The van der Waals surface area contributed by atoms with Crippen LogP contribution in [0.4, 0.5) is 5.69 Å². The molecule has 1 saturated heterocycles. The molecule has 4 heteroatoms. The number of amides is 1. The molecule has 1 aromatic rings. The van der Waals surface area contributed by atoms with E-state index in [0.29, 0.717) is 6.42 Å². The lowest BCUT2D eigenvalue weighted by atomic mass is 10.0. The molecule has 1 aliphatic rings. The van der Waals surface area contributed by atoms with Crippen LogP contribution in [0.2, 0.25) is 0 Å². The number of halogens is 1. The van der Waals surface area contributed by atoms with Crippen molar-refractivity contribution in [3.8, 4) is 0 Å². The van der Waals surface area contributed by atoms with Gasteiger partial charge < -0.3 is 11.1 Å². The van der Waals surface area contributed by atoms with Crippen LogP contribution >= 0.6 is 15.9 Å². The zero-order chi connectivity index (χ0) is 11.0. The lowest BCUT2D eigenvalue weighted by Crippen LogP contribution is -2.19. The van der Waals surface area contributed by atoms with Crippen LogP contribution in [0.15, 0.2) is 16.6 Å². The number of rotatable bonds is 1. The second-order valence-corrected chi connectivity index (χ2v) is 4.76. The first kappa shape index (κ1) is 10.5. The lowest BCUT2D eigenvalue weighted by molar-refractivity contribution is -0.119. The van der Waals surface area contributed by atoms with Gasteiger partial charge in [0.25, 0.3) is 0 Å². The molecule has 1 heterocycles. The maximum absolute atomic E-state index is 11.1. The van der Waals surface area contributed by atoms with E-state index in [-0.39, 0.29) is 11.9 Å². The second-order valence-electron chi connectivity index (χ2n) is 3.91. The maximum Gasteiger partial charge on any atom is 0.220 e. The summed E-state index contributed by atoms with van der Waals surface area (Å²) >= 11 is 3.42. The Morgan fingerprint density at radius 1 is 1.53 bits per heavy atom. The molecule has 1 fully saturated rings. The number of carbonyl (C=O) groups excluding carboxylic acids is 1. The summed E-state index contributed by atoms with van der Waals surface area (Å²) in [4.78, 5) is 11.1. The summed E-state index contributed by atoms with van der Waals surface area (Å²) in [5.41, 5.74) is 8.87. The molecule has 80 valence electrons. The minimum absolute atomic E-state index is 0.0775. The van der Waals surface area contributed by atoms with Crippen molar-refractivity contribution in [2.24, 2.45) is 0 Å². The van der Waals surface area contributed by atoms with Gasteiger partial charge in [0.05, 0.1) is 11.7 Å². The first-order chi connectivity index (χ1) is 7.08. The Morgan fingerprint density at radius 3 is 2.87 bits per heavy atom. The van der Waals surface area contributed by atoms with Crippen LogP contribution in [-0.4, -0.2) is 5.91 Å². The third kappa shape index (κ3) is 2.00. The van der Waals surface area contributed by atoms with E-state index < -0.39 is 0 Å². The largest absolute Gasteiger partial charge is 0.398 e. The number of aryl methyl sites for hydroxylation is 1. The van der Waals surface area contributed by atoms with Gasteiger partial charge in [-0.3, -0.25) is 4.79 Å². The molecule has 0 spiro atoms. The third-order valence-corrected chi connectivity index (χ3v) is 3.33. The zero-order valence-electron chi connectivity index (χ0n) is 8.51. The number of hydrogen-bond donors (Lipinski definition) is 2. The number of hydrogen-bond acceptors (Lipinski definition) is 2. The Balaban J connectivity index is 2.39. The quantitative estimate of drug-likeness (QED) is 0.768. The highest BCUT2D eigenvalue weighted by Gasteiger charge is 2.24. The summed E-state index contributed by atoms with van der Waals surface area (Å²) in [6.07, 6.45) is 1.43. The highest BCUT2D eigenvalue weighted by Crippen LogP contribution is 2.33. The van der Waals surface area contributed by atoms with E-state index in [1.54, 1.807) is 0 Å². The fourth-order valence-electron chi connectivity index (χ4n) is 1.92. The van der Waals surface area contributed by atoms with Crippen molar-refractivity contribution in [2.75, 3.05) is 5.73 Å². The lowest BCUT2D eigenvalue weighted by Gasteiger charge is -2.15. The topological polar surface area (TPSA) is 55.1 Å². The first-order valence-corrected chi connectivity index (χ1v) is 5.72. The second kappa shape index (κ2) is 3.85. The van der Waals surface area contributed by atoms with Gasteiger partial charge >= 0.3 is 0 Å². The van der Waals surface area contributed by atoms with Crippen LogP contribution in [0.5, 0.6) is 0 Å². The molecular weight excluding hydrogens is 256 g/mol. The SMILES string of the molecule is Cc1cc(Br)c(N)c([C@H]2CCC(=O)N2)c1. The smallest absolute Gasteiger partial charge is 0.220 e. The summed E-state index contributed by atoms with van der Waals surface area (Å²) in [6.45, 7) is 2.02. The molecular formula is C11H13BrN2O. The Morgan fingerprint density at radius 2 is 2.27 bits per heavy atom. The monoisotopic (exact) mass is 268 g/mol. The number of benzene rings is 1. The van der Waals surface area contributed by atoms with Gasteiger partial charge in [-0.1, -0.05) is 6.07 Å². The molecule has 1 amide bonds. The van der Waals surface area contributed by atoms with Gasteiger partial charge in [0, 0.05) is 10.9 Å². The van der Waals surface area contributed by atoms with Crippen molar-refractivity contribution >= 4 is 27.5 Å². The minimum atomic E-state index is 0.0775. The van der Waals surface area contributed by atoms with Gasteiger partial charge in [0.2, 0.25) is 5.91 Å². The van der Waals surface area contributed by atoms with Crippen LogP contribution in [0.25, 0.3) is 0 Å². The fourth-order valence-corrected chi connectivity index (χ4v) is 2.51. The standard InChI is InChI=1S/C11H13BrN2O/c1-6-4-7(11(13)8(12)5-6)9-2-3-10(15)14-9/h4-5,9H,2-3,13H2,1H3,(H,14,15)/t9-/m1/s1. The van der Waals surface area contributed by atoms with Crippen LogP contribution in [0.1, 0.15) is 30.0 Å². The van der Waals surface area contributed by atoms with Crippen molar-refractivity contribution in [1.82, 2.24) is 5.32 Å². The van der Waals surface area contributed by atoms with Gasteiger partial charge in [0.1, 0.15) is 0 Å². The van der Waals surface area contributed by atoms with Gasteiger partial charge in [-0.2, -0.15) is 0 Å². The van der Waals surface area contributed by atoms with Gasteiger partial charge in [-0.15, -0.1) is 0 Å². The van der Waals surface area contributed by atoms with Crippen molar-refractivity contribution < 1.29 is 4.79 Å². The maximum atomic E-state index is 11.1. The number of carbonyl (C=O) groups is 1. The summed E-state index contributed by atoms with van der Waals surface area (Å²) in [6, 6.07) is 4.10. The molecule has 2 rings (SSSR count). The fraction of sp³-hybridized carbons (Fsp3) is 0.364. The molecule has 0 radical (unpaired) electrons. The summed E-state index contributed by atoms with van der Waals surface area (Å²) < 4.78 is 0.902. The molecule has 1 aromatic carbocycles. The molecule has 0 unspecified atom stereocenters. The average molecular weight is 269 g/mol. The van der Waals surface area contributed by atoms with Crippen LogP contribution in [0.3, 0.4) is 0 Å². The molecule has 3 nitrogen and oxygen atoms in total. The van der Waals surface area contributed by atoms with Crippen LogP contribution < -0.4 is 11.1 Å². The Hall–Kier alpha value is -1.03. The molecule has 0 saturated carbocycles. The van der Waals surface area contributed by atoms with E-state index in [1.165, 1.54) is 0 Å². The average Bonchev–Trinajstić information content (AvgIpc) is 2.58. The summed E-state index contributed by atoms with van der Waals surface area (Å²) in [7, 11) is 0. The normalized spacial score (nSPS) is 20.4. The molecule has 0 bridgehead atoms. The van der Waals surface area contributed by atoms with E-state index in [0.717, 1.165) is 27.7 Å². The number of nitrogens with one attached hydrogen (secondary N) is 1. The Kier molecular flexibility index (Phi) is 2.69. The molecule has 1 aliphatic heterocycles. The van der Waals surface area contributed by atoms with Crippen LogP contribution in [-0.2, 0) is 4.79 Å². The van der Waals surface area contributed by atoms with E-state index in [9.17, 15) is 4.79 Å². The van der Waals surface area contributed by atoms with Crippen molar-refractivity contribution in [3.05, 3.63) is 27.7 Å². The van der Waals surface area contributed by atoms with Crippen molar-refractivity contribution in [1.29, 1.82) is 0 Å². The van der Waals surface area contributed by atoms with E-state index in [1.807, 2.05) is 19.1 Å². The molecule has 0 aromatic heterocycles. The van der Waals surface area contributed by atoms with E-state index >= 15 is 0 Å². The van der Waals surface area contributed by atoms with Crippen molar-refractivity contribution in [2.45, 2.75) is 25.8 Å². The highest BCUT2D eigenvalue weighted by molar-refractivity contribution is 9.10.